The van der Waals surface area contributed by atoms with E-state index in [1.807, 2.05) is 39.0 Å². The molecule has 3 rings (SSSR count). The zero-order valence-corrected chi connectivity index (χ0v) is 18.4. The highest BCUT2D eigenvalue weighted by atomic mass is 35.5. The monoisotopic (exact) mass is 419 g/mol. The molecular weight excluding hydrogens is 390 g/mol. The van der Waals surface area contributed by atoms with Crippen LogP contribution in [0.1, 0.15) is 40.0 Å². The molecule has 1 aliphatic rings. The first-order chi connectivity index (χ1) is 13.8. The molecule has 7 heteroatoms. The van der Waals surface area contributed by atoms with Crippen LogP contribution >= 0.6 is 11.6 Å². The molecule has 6 nitrogen and oxygen atoms in total. The van der Waals surface area contributed by atoms with Gasteiger partial charge in [0.2, 0.25) is 0 Å². The number of pyridine rings is 1. The van der Waals surface area contributed by atoms with Crippen molar-refractivity contribution < 1.29 is 14.3 Å². The zero-order chi connectivity index (χ0) is 21.0. The summed E-state index contributed by atoms with van der Waals surface area (Å²) in [6.07, 6.45) is 4.44. The molecule has 1 N–H and O–H groups in total. The number of ether oxygens (including phenoxy) is 2. The summed E-state index contributed by atoms with van der Waals surface area (Å²) in [7, 11) is 1.66. The van der Waals surface area contributed by atoms with Crippen LogP contribution in [0.4, 0.5) is 10.5 Å². The molecule has 2 aromatic rings. The quantitative estimate of drug-likeness (QED) is 0.736. The molecule has 1 aromatic heterocycles. The summed E-state index contributed by atoms with van der Waals surface area (Å²) >= 11 is 6.53. The topological polar surface area (TPSA) is 63.7 Å². The summed E-state index contributed by atoms with van der Waals surface area (Å²) in [5.74, 6) is 1.37. The van der Waals surface area contributed by atoms with E-state index in [1.54, 1.807) is 13.3 Å². The number of hydrogen-bond acceptors (Lipinski definition) is 5. The Morgan fingerprint density at radius 1 is 1.31 bits per heavy atom. The minimum absolute atomic E-state index is 0.348. The van der Waals surface area contributed by atoms with Gasteiger partial charge < -0.3 is 19.7 Å². The number of methoxy groups -OCH3 is 1. The van der Waals surface area contributed by atoms with Crippen molar-refractivity contribution in [2.75, 3.05) is 31.6 Å². The lowest BCUT2D eigenvalue weighted by Crippen LogP contribution is -2.36. The maximum absolute atomic E-state index is 11.8. The second-order valence-corrected chi connectivity index (χ2v) is 8.89. The van der Waals surface area contributed by atoms with E-state index in [2.05, 4.69) is 15.2 Å². The van der Waals surface area contributed by atoms with Gasteiger partial charge in [0.05, 0.1) is 23.3 Å². The number of alkyl carbamates (subject to hydrolysis) is 1. The van der Waals surface area contributed by atoms with Gasteiger partial charge in [0.25, 0.3) is 0 Å². The lowest BCUT2D eigenvalue weighted by atomic mass is 9.93. The number of fused-ring (bicyclic) bond motifs is 1. The molecule has 0 radical (unpaired) electrons. The Labute approximate surface area is 177 Å². The summed E-state index contributed by atoms with van der Waals surface area (Å²) in [4.78, 5) is 18.6. The standard InChI is InChI=1S/C22H30ClN3O3/c1-22(2,3)29-21(27)24-10-7-15-8-11-26(12-9-15)20-17-13-16(28-4)5-6-19(17)25-14-18(20)23/h5-6,13-15H,7-12H2,1-4H3,(H,24,27). The molecule has 0 aliphatic carbocycles. The number of rotatable bonds is 5. The maximum Gasteiger partial charge on any atom is 0.407 e. The van der Waals surface area contributed by atoms with Crippen molar-refractivity contribution >= 4 is 34.3 Å². The summed E-state index contributed by atoms with van der Waals surface area (Å²) in [6, 6.07) is 5.88. The number of anilines is 1. The molecule has 0 atom stereocenters. The highest BCUT2D eigenvalue weighted by Gasteiger charge is 2.23. The second-order valence-electron chi connectivity index (χ2n) is 8.49. The van der Waals surface area contributed by atoms with E-state index >= 15 is 0 Å². The zero-order valence-electron chi connectivity index (χ0n) is 17.6. The largest absolute Gasteiger partial charge is 0.497 e. The number of amides is 1. The van der Waals surface area contributed by atoms with E-state index in [4.69, 9.17) is 21.1 Å². The van der Waals surface area contributed by atoms with Crippen LogP contribution in [-0.2, 0) is 4.74 Å². The van der Waals surface area contributed by atoms with Crippen LogP contribution in [0.15, 0.2) is 24.4 Å². The lowest BCUT2D eigenvalue weighted by Gasteiger charge is -2.34. The average Bonchev–Trinajstić information content (AvgIpc) is 2.67. The van der Waals surface area contributed by atoms with Crippen LogP contribution < -0.4 is 15.0 Å². The smallest absolute Gasteiger partial charge is 0.407 e. The van der Waals surface area contributed by atoms with Gasteiger partial charge in [-0.3, -0.25) is 4.98 Å². The molecule has 2 heterocycles. The van der Waals surface area contributed by atoms with Gasteiger partial charge >= 0.3 is 6.09 Å². The van der Waals surface area contributed by atoms with Crippen molar-refractivity contribution in [2.45, 2.75) is 45.6 Å². The normalized spacial score (nSPS) is 15.4. The van der Waals surface area contributed by atoms with Gasteiger partial charge in [-0.25, -0.2) is 4.79 Å². The molecule has 0 unspecified atom stereocenters. The highest BCUT2D eigenvalue weighted by molar-refractivity contribution is 6.34. The van der Waals surface area contributed by atoms with E-state index < -0.39 is 5.60 Å². The average molecular weight is 420 g/mol. The number of carbonyl (C=O) groups excluding carboxylic acids is 1. The molecule has 1 saturated heterocycles. The van der Waals surface area contributed by atoms with Gasteiger partial charge in [-0.2, -0.15) is 0 Å². The number of hydrogen-bond donors (Lipinski definition) is 1. The fourth-order valence-corrected chi connectivity index (χ4v) is 3.99. The van der Waals surface area contributed by atoms with Crippen molar-refractivity contribution in [1.29, 1.82) is 0 Å². The Kier molecular flexibility index (Phi) is 6.73. The van der Waals surface area contributed by atoms with Crippen molar-refractivity contribution in [2.24, 2.45) is 5.92 Å². The molecule has 0 spiro atoms. The highest BCUT2D eigenvalue weighted by Crippen LogP contribution is 2.37. The molecule has 29 heavy (non-hydrogen) atoms. The lowest BCUT2D eigenvalue weighted by molar-refractivity contribution is 0.0524. The van der Waals surface area contributed by atoms with Crippen LogP contribution in [0.25, 0.3) is 10.9 Å². The Bertz CT molecular complexity index is 858. The van der Waals surface area contributed by atoms with Crippen molar-refractivity contribution in [3.05, 3.63) is 29.4 Å². The van der Waals surface area contributed by atoms with E-state index in [-0.39, 0.29) is 6.09 Å². The number of carbonyl (C=O) groups is 1. The molecule has 158 valence electrons. The van der Waals surface area contributed by atoms with Crippen molar-refractivity contribution in [1.82, 2.24) is 10.3 Å². The summed E-state index contributed by atoms with van der Waals surface area (Å²) in [5, 5.41) is 4.54. The Morgan fingerprint density at radius 3 is 2.69 bits per heavy atom. The third-order valence-corrected chi connectivity index (χ3v) is 5.43. The number of nitrogens with one attached hydrogen (secondary N) is 1. The van der Waals surface area contributed by atoms with Crippen molar-refractivity contribution in [3.63, 3.8) is 0 Å². The third kappa shape index (κ3) is 5.66. The molecule has 1 aromatic carbocycles. The first-order valence-corrected chi connectivity index (χ1v) is 10.5. The van der Waals surface area contributed by atoms with Gasteiger partial charge in [0.1, 0.15) is 11.4 Å². The number of nitrogens with zero attached hydrogens (tertiary/aromatic N) is 2. The predicted octanol–water partition coefficient (Wildman–Crippen LogP) is 5.03. The van der Waals surface area contributed by atoms with E-state index in [1.165, 1.54) is 0 Å². The van der Waals surface area contributed by atoms with Gasteiger partial charge in [-0.05, 0) is 64.2 Å². The van der Waals surface area contributed by atoms with E-state index in [9.17, 15) is 4.79 Å². The number of piperidine rings is 1. The third-order valence-electron chi connectivity index (χ3n) is 5.15. The fourth-order valence-electron chi connectivity index (χ4n) is 3.72. The van der Waals surface area contributed by atoms with Crippen LogP contribution in [0.5, 0.6) is 5.75 Å². The van der Waals surface area contributed by atoms with Crippen LogP contribution in [-0.4, -0.2) is 43.4 Å². The van der Waals surface area contributed by atoms with Crippen LogP contribution in [0.2, 0.25) is 5.02 Å². The first kappa shape index (κ1) is 21.5. The minimum atomic E-state index is -0.468. The van der Waals surface area contributed by atoms with Gasteiger partial charge in [0, 0.05) is 31.2 Å². The Balaban J connectivity index is 1.58. The fraction of sp³-hybridized carbons (Fsp3) is 0.545. The Hall–Kier alpha value is -2.21. The van der Waals surface area contributed by atoms with Crippen molar-refractivity contribution in [3.8, 4) is 5.75 Å². The SMILES string of the molecule is COc1ccc2ncc(Cl)c(N3CCC(CCNC(=O)OC(C)(C)C)CC3)c2c1. The Morgan fingerprint density at radius 2 is 2.03 bits per heavy atom. The minimum Gasteiger partial charge on any atom is -0.497 e. The summed E-state index contributed by atoms with van der Waals surface area (Å²) < 4.78 is 10.7. The second kappa shape index (κ2) is 9.08. The summed E-state index contributed by atoms with van der Waals surface area (Å²) in [5.41, 5.74) is 1.47. The molecule has 0 saturated carbocycles. The van der Waals surface area contributed by atoms with Crippen LogP contribution in [0, 0.1) is 5.92 Å². The summed E-state index contributed by atoms with van der Waals surface area (Å²) in [6.45, 7) is 8.08. The molecule has 1 aliphatic heterocycles. The van der Waals surface area contributed by atoms with Crippen LogP contribution in [0.3, 0.4) is 0 Å². The number of halogens is 1. The first-order valence-electron chi connectivity index (χ1n) is 10.1. The number of benzene rings is 1. The molecule has 1 fully saturated rings. The number of aromatic nitrogens is 1. The molecule has 1 amide bonds. The van der Waals surface area contributed by atoms with Gasteiger partial charge in [-0.15, -0.1) is 0 Å². The van der Waals surface area contributed by atoms with Gasteiger partial charge in [0.15, 0.2) is 0 Å². The van der Waals surface area contributed by atoms with E-state index in [0.29, 0.717) is 17.5 Å². The molecular formula is C22H30ClN3O3. The molecule has 0 bridgehead atoms. The maximum atomic E-state index is 11.8. The van der Waals surface area contributed by atoms with E-state index in [0.717, 1.165) is 54.7 Å². The van der Waals surface area contributed by atoms with Gasteiger partial charge in [-0.1, -0.05) is 11.6 Å². The predicted molar refractivity (Wildman–Crippen MR) is 117 cm³/mol.